The van der Waals surface area contributed by atoms with Gasteiger partial charge >= 0.3 is 0 Å². The van der Waals surface area contributed by atoms with E-state index in [0.717, 1.165) is 36.8 Å². The van der Waals surface area contributed by atoms with Crippen molar-refractivity contribution in [2.45, 2.75) is 103 Å². The van der Waals surface area contributed by atoms with Crippen LogP contribution in [0.3, 0.4) is 0 Å². The fourth-order valence-corrected chi connectivity index (χ4v) is 7.82. The first kappa shape index (κ1) is 25.7. The van der Waals surface area contributed by atoms with Crippen molar-refractivity contribution in [1.29, 1.82) is 0 Å². The van der Waals surface area contributed by atoms with Crippen LogP contribution < -0.4 is 0 Å². The molecular weight excluding hydrogens is 420 g/mol. The molecule has 0 aromatic heterocycles. The molecule has 5 heteroatoms. The first-order chi connectivity index (χ1) is 14.8. The van der Waals surface area contributed by atoms with Crippen LogP contribution in [-0.4, -0.2) is 41.3 Å². The van der Waals surface area contributed by atoms with Crippen LogP contribution in [0.25, 0.3) is 0 Å². The molecule has 3 fully saturated rings. The van der Waals surface area contributed by atoms with Gasteiger partial charge in [-0.05, 0) is 100 Å². The van der Waals surface area contributed by atoms with Crippen LogP contribution in [0.15, 0.2) is 35.5 Å². The zero-order valence-electron chi connectivity index (χ0n) is 20.7. The van der Waals surface area contributed by atoms with Gasteiger partial charge in [-0.3, -0.25) is 0 Å². The van der Waals surface area contributed by atoms with Crippen molar-refractivity contribution < 1.29 is 18.6 Å². The predicted molar refractivity (Wildman–Crippen MR) is 132 cm³/mol. The van der Waals surface area contributed by atoms with Gasteiger partial charge in [-0.25, -0.2) is 8.42 Å². The average Bonchev–Trinajstić information content (AvgIpc) is 3.04. The second-order valence-electron chi connectivity index (χ2n) is 11.9. The van der Waals surface area contributed by atoms with E-state index in [-0.39, 0.29) is 11.2 Å². The number of rotatable bonds is 5. The van der Waals surface area contributed by atoms with Gasteiger partial charge in [0, 0.05) is 6.42 Å². The largest absolute Gasteiger partial charge is 0.393 e. The highest BCUT2D eigenvalue weighted by molar-refractivity contribution is 7.92. The van der Waals surface area contributed by atoms with E-state index in [2.05, 4.69) is 32.6 Å². The van der Waals surface area contributed by atoms with Crippen LogP contribution in [0.1, 0.15) is 86.0 Å². The van der Waals surface area contributed by atoms with Gasteiger partial charge in [0.1, 0.15) is 0 Å². The zero-order chi connectivity index (χ0) is 23.9. The van der Waals surface area contributed by atoms with E-state index in [1.807, 2.05) is 0 Å². The monoisotopic (exact) mass is 464 g/mol. The Balaban J connectivity index is 1.74. The van der Waals surface area contributed by atoms with Gasteiger partial charge in [0.2, 0.25) is 0 Å². The summed E-state index contributed by atoms with van der Waals surface area (Å²) in [7, 11) is -3.09. The molecule has 0 amide bonds. The molecule has 0 spiro atoms. The highest BCUT2D eigenvalue weighted by Gasteiger charge is 2.50. The Morgan fingerprint density at radius 3 is 2.56 bits per heavy atom. The smallest absolute Gasteiger partial charge is 0.155 e. The summed E-state index contributed by atoms with van der Waals surface area (Å²) in [5.41, 5.74) is 3.40. The molecule has 0 unspecified atom stereocenters. The van der Waals surface area contributed by atoms with Gasteiger partial charge in [0.05, 0.1) is 22.7 Å². The Hall–Kier alpha value is -0.910. The highest BCUT2D eigenvalue weighted by atomic mass is 32.2. The maximum absolute atomic E-state index is 12.6. The van der Waals surface area contributed by atoms with Crippen LogP contribution in [0.4, 0.5) is 0 Å². The molecule has 2 N–H and O–H groups in total. The molecule has 0 aromatic carbocycles. The lowest BCUT2D eigenvalue weighted by Crippen LogP contribution is -2.37. The Bertz CT molecular complexity index is 876. The maximum atomic E-state index is 12.6. The van der Waals surface area contributed by atoms with Gasteiger partial charge in [0.25, 0.3) is 0 Å². The SMILES string of the molecule is C=C1/C(=C\C=C2/CCC[C@]3(C)[C@@H]([C@H](C)CCS(=O)(=O)C(C)(C)C)CC[C@@H]23)C[C@@H](O)C[C@@H]1O. The minimum Gasteiger partial charge on any atom is -0.393 e. The van der Waals surface area contributed by atoms with E-state index in [9.17, 15) is 18.6 Å². The summed E-state index contributed by atoms with van der Waals surface area (Å²) in [6, 6.07) is 0. The van der Waals surface area contributed by atoms with E-state index in [1.54, 1.807) is 20.8 Å². The van der Waals surface area contributed by atoms with E-state index < -0.39 is 26.8 Å². The van der Waals surface area contributed by atoms with E-state index in [1.165, 1.54) is 18.4 Å². The Morgan fingerprint density at radius 1 is 1.22 bits per heavy atom. The molecule has 0 heterocycles. The molecule has 0 saturated heterocycles. The number of aliphatic hydroxyl groups excluding tert-OH is 2. The molecule has 0 aliphatic heterocycles. The van der Waals surface area contributed by atoms with Crippen molar-refractivity contribution in [2.75, 3.05) is 5.75 Å². The topological polar surface area (TPSA) is 74.6 Å². The second-order valence-corrected chi connectivity index (χ2v) is 14.7. The Kier molecular flexibility index (Phi) is 7.54. The number of aliphatic hydroxyl groups is 2. The first-order valence-corrected chi connectivity index (χ1v) is 14.1. The van der Waals surface area contributed by atoms with Crippen molar-refractivity contribution in [3.05, 3.63) is 35.5 Å². The van der Waals surface area contributed by atoms with Crippen LogP contribution in [0.5, 0.6) is 0 Å². The molecule has 0 aromatic rings. The second kappa shape index (κ2) is 9.38. The predicted octanol–water partition coefficient (Wildman–Crippen LogP) is 5.37. The first-order valence-electron chi connectivity index (χ1n) is 12.4. The van der Waals surface area contributed by atoms with Gasteiger partial charge < -0.3 is 10.2 Å². The molecule has 4 nitrogen and oxygen atoms in total. The van der Waals surface area contributed by atoms with E-state index in [4.69, 9.17) is 0 Å². The third-order valence-electron chi connectivity index (χ3n) is 8.76. The summed E-state index contributed by atoms with van der Waals surface area (Å²) in [6.45, 7) is 14.1. The molecule has 182 valence electrons. The lowest BCUT2D eigenvalue weighted by atomic mass is 9.61. The number of allylic oxidation sites excluding steroid dienone is 3. The third kappa shape index (κ3) is 5.10. The van der Waals surface area contributed by atoms with Crippen LogP contribution in [-0.2, 0) is 9.84 Å². The lowest BCUT2D eigenvalue weighted by Gasteiger charge is -2.44. The van der Waals surface area contributed by atoms with Gasteiger partial charge in [-0.1, -0.05) is 38.2 Å². The van der Waals surface area contributed by atoms with Gasteiger partial charge in [-0.2, -0.15) is 0 Å². The van der Waals surface area contributed by atoms with Crippen LogP contribution >= 0.6 is 0 Å². The Morgan fingerprint density at radius 2 is 1.91 bits per heavy atom. The van der Waals surface area contributed by atoms with E-state index >= 15 is 0 Å². The maximum Gasteiger partial charge on any atom is 0.155 e. The quantitative estimate of drug-likeness (QED) is 0.574. The molecule has 3 rings (SSSR count). The molecular formula is C27H44O4S. The Labute approximate surface area is 195 Å². The van der Waals surface area contributed by atoms with Crippen molar-refractivity contribution in [3.63, 3.8) is 0 Å². The molecule has 3 aliphatic rings. The molecule has 0 bridgehead atoms. The molecule has 32 heavy (non-hydrogen) atoms. The van der Waals surface area contributed by atoms with Crippen molar-refractivity contribution in [3.8, 4) is 0 Å². The van der Waals surface area contributed by atoms with Gasteiger partial charge in [0.15, 0.2) is 9.84 Å². The summed E-state index contributed by atoms with van der Waals surface area (Å²) in [5.74, 6) is 1.75. The third-order valence-corrected chi connectivity index (χ3v) is 11.4. The standard InChI is InChI=1S/C27H44O4S/c1-18(13-15-32(30,31)26(3,4)5)23-11-12-24-20(8-7-14-27(23,24)6)9-10-21-16-22(28)17-25(29)19(21)2/h9-10,18,22-25,28-29H,2,7-8,11-17H2,1,3-6H3/b20-9+,21-10-/t18-,22-,23-,24+,25+,27-/m1/s1. The number of sulfone groups is 1. The fourth-order valence-electron chi connectivity index (χ4n) is 6.53. The summed E-state index contributed by atoms with van der Waals surface area (Å²) in [4.78, 5) is 0. The van der Waals surface area contributed by atoms with Crippen LogP contribution in [0.2, 0.25) is 0 Å². The minimum atomic E-state index is -3.09. The molecule has 6 atom stereocenters. The van der Waals surface area contributed by atoms with Crippen molar-refractivity contribution >= 4 is 9.84 Å². The van der Waals surface area contributed by atoms with E-state index in [0.29, 0.717) is 30.6 Å². The molecule has 3 saturated carbocycles. The normalized spacial score (nSPS) is 37.7. The number of hydrogen-bond donors (Lipinski definition) is 2. The summed E-state index contributed by atoms with van der Waals surface area (Å²) in [5, 5.41) is 20.2. The minimum absolute atomic E-state index is 0.218. The van der Waals surface area contributed by atoms with Crippen molar-refractivity contribution in [1.82, 2.24) is 0 Å². The zero-order valence-corrected chi connectivity index (χ0v) is 21.5. The highest BCUT2D eigenvalue weighted by Crippen LogP contribution is 2.59. The number of fused-ring (bicyclic) bond motifs is 1. The number of hydrogen-bond acceptors (Lipinski definition) is 4. The fraction of sp³-hybridized carbons (Fsp3) is 0.778. The summed E-state index contributed by atoms with van der Waals surface area (Å²) < 4.78 is 24.6. The van der Waals surface area contributed by atoms with Crippen molar-refractivity contribution in [2.24, 2.45) is 23.2 Å². The average molecular weight is 465 g/mol. The lowest BCUT2D eigenvalue weighted by molar-refractivity contribution is 0.0861. The molecule has 3 aliphatic carbocycles. The molecule has 0 radical (unpaired) electrons. The summed E-state index contributed by atoms with van der Waals surface area (Å²) in [6.07, 6.45) is 10.6. The van der Waals surface area contributed by atoms with Gasteiger partial charge in [-0.15, -0.1) is 0 Å². The summed E-state index contributed by atoms with van der Waals surface area (Å²) >= 11 is 0. The van der Waals surface area contributed by atoms with Crippen LogP contribution in [0, 0.1) is 23.2 Å².